The van der Waals surface area contributed by atoms with Crippen molar-refractivity contribution in [3.63, 3.8) is 0 Å². The molecule has 0 saturated carbocycles. The Morgan fingerprint density at radius 1 is 1.03 bits per heavy atom. The highest BCUT2D eigenvalue weighted by atomic mass is 32.2. The normalized spacial score (nSPS) is 11.7. The second-order valence-electron chi connectivity index (χ2n) is 5.85. The molecular weight excluding hydrogens is 405 g/mol. The molecule has 0 saturated heterocycles. The van der Waals surface area contributed by atoms with Crippen molar-refractivity contribution in [3.05, 3.63) is 66.4 Å². The van der Waals surface area contributed by atoms with E-state index in [0.717, 1.165) is 23.0 Å². The first kappa shape index (κ1) is 20.6. The number of nitrogens with zero attached hydrogens (tertiary/aromatic N) is 1. The maximum atomic E-state index is 12.5. The minimum Gasteiger partial charge on any atom is -0.481 e. The highest BCUT2D eigenvalue weighted by Crippen LogP contribution is 2.29. The molecule has 29 heavy (non-hydrogen) atoms. The molecule has 0 spiro atoms. The molecule has 1 heterocycles. The van der Waals surface area contributed by atoms with Crippen LogP contribution in [0.2, 0.25) is 0 Å². The second-order valence-corrected chi connectivity index (χ2v) is 7.61. The lowest BCUT2D eigenvalue weighted by atomic mass is 10.2. The Morgan fingerprint density at radius 3 is 2.52 bits per heavy atom. The molecule has 0 unspecified atom stereocenters. The molecular formula is C20H15F3N2O3S. The van der Waals surface area contributed by atoms with E-state index >= 15 is 0 Å². The van der Waals surface area contributed by atoms with E-state index < -0.39 is 21.8 Å². The largest absolute Gasteiger partial charge is 0.481 e. The third-order valence-electron chi connectivity index (χ3n) is 3.86. The average Bonchev–Trinajstić information content (AvgIpc) is 2.70. The van der Waals surface area contributed by atoms with Gasteiger partial charge in [0.2, 0.25) is 10.0 Å². The van der Waals surface area contributed by atoms with Crippen LogP contribution in [0, 0.1) is 11.8 Å². The molecule has 0 amide bonds. The van der Waals surface area contributed by atoms with Crippen LogP contribution < -0.4 is 9.46 Å². The van der Waals surface area contributed by atoms with Crippen LogP contribution in [0.3, 0.4) is 0 Å². The maximum absolute atomic E-state index is 12.5. The van der Waals surface area contributed by atoms with Crippen molar-refractivity contribution in [2.24, 2.45) is 0 Å². The predicted molar refractivity (Wildman–Crippen MR) is 102 cm³/mol. The van der Waals surface area contributed by atoms with Gasteiger partial charge in [-0.05, 0) is 42.5 Å². The minimum atomic E-state index is -4.53. The van der Waals surface area contributed by atoms with Gasteiger partial charge in [0.25, 0.3) is 0 Å². The summed E-state index contributed by atoms with van der Waals surface area (Å²) in [6, 6.07) is 12.4. The van der Waals surface area contributed by atoms with Crippen LogP contribution >= 0.6 is 0 Å². The third-order valence-corrected chi connectivity index (χ3v) is 5.27. The molecule has 2 aromatic carbocycles. The van der Waals surface area contributed by atoms with E-state index in [1.54, 1.807) is 18.3 Å². The number of sulfonamides is 1. The smallest absolute Gasteiger partial charge is 0.416 e. The predicted octanol–water partition coefficient (Wildman–Crippen LogP) is 3.61. The fourth-order valence-electron chi connectivity index (χ4n) is 2.41. The molecule has 1 N–H and O–H groups in total. The highest BCUT2D eigenvalue weighted by Gasteiger charge is 2.30. The van der Waals surface area contributed by atoms with Crippen molar-refractivity contribution in [2.45, 2.75) is 11.1 Å². The Labute approximate surface area is 165 Å². The molecule has 3 aromatic rings. The lowest BCUT2D eigenvalue weighted by molar-refractivity contribution is -0.137. The van der Waals surface area contributed by atoms with Gasteiger partial charge in [0.1, 0.15) is 12.4 Å². The number of benzene rings is 2. The summed E-state index contributed by atoms with van der Waals surface area (Å²) in [5.74, 6) is 5.84. The fourth-order valence-corrected chi connectivity index (χ4v) is 3.33. The number of ether oxygens (including phenoxy) is 1. The van der Waals surface area contributed by atoms with E-state index in [-0.39, 0.29) is 18.0 Å². The van der Waals surface area contributed by atoms with Crippen molar-refractivity contribution in [2.75, 3.05) is 13.2 Å². The van der Waals surface area contributed by atoms with Gasteiger partial charge in [-0.15, -0.1) is 0 Å². The lowest BCUT2D eigenvalue weighted by Gasteiger charge is -2.08. The van der Waals surface area contributed by atoms with Gasteiger partial charge in [-0.1, -0.05) is 17.9 Å². The van der Waals surface area contributed by atoms with Crippen LogP contribution in [0.1, 0.15) is 5.56 Å². The lowest BCUT2D eigenvalue weighted by Crippen LogP contribution is -2.24. The van der Waals surface area contributed by atoms with E-state index in [1.165, 1.54) is 0 Å². The monoisotopic (exact) mass is 420 g/mol. The molecule has 0 aliphatic heterocycles. The highest BCUT2D eigenvalue weighted by molar-refractivity contribution is 7.89. The maximum Gasteiger partial charge on any atom is 0.416 e. The number of nitrogens with one attached hydrogen (secondary N) is 1. The zero-order valence-electron chi connectivity index (χ0n) is 14.9. The number of halogens is 3. The van der Waals surface area contributed by atoms with Gasteiger partial charge in [-0.3, -0.25) is 4.98 Å². The van der Waals surface area contributed by atoms with Crippen molar-refractivity contribution in [3.8, 4) is 17.6 Å². The summed E-state index contributed by atoms with van der Waals surface area (Å²) in [5, 5.41) is 0.976. The summed E-state index contributed by atoms with van der Waals surface area (Å²) >= 11 is 0. The SMILES string of the molecule is O=S(=O)(NCC#CCOc1ccc2cccnc2c1)c1ccc(C(F)(F)F)cc1. The molecule has 0 atom stereocenters. The molecule has 150 valence electrons. The average molecular weight is 420 g/mol. The molecule has 0 aliphatic carbocycles. The number of rotatable bonds is 5. The molecule has 0 radical (unpaired) electrons. The van der Waals surface area contributed by atoms with Crippen LogP contribution in [0.4, 0.5) is 13.2 Å². The van der Waals surface area contributed by atoms with Crippen molar-refractivity contribution >= 4 is 20.9 Å². The van der Waals surface area contributed by atoms with E-state index in [2.05, 4.69) is 21.5 Å². The molecule has 3 rings (SSSR count). The summed E-state index contributed by atoms with van der Waals surface area (Å²) in [6.45, 7) is -0.160. The Balaban J connectivity index is 1.52. The van der Waals surface area contributed by atoms with Crippen molar-refractivity contribution < 1.29 is 26.3 Å². The number of hydrogen-bond acceptors (Lipinski definition) is 4. The number of fused-ring (bicyclic) bond motifs is 1. The van der Waals surface area contributed by atoms with Gasteiger partial charge in [-0.25, -0.2) is 8.42 Å². The number of alkyl halides is 3. The standard InChI is InChI=1S/C20H15F3N2O3S/c21-20(22,23)16-6-9-18(10-7-16)29(26,27)25-12-1-2-13-28-17-8-5-15-4-3-11-24-19(15)14-17/h3-11,14,25H,12-13H2. The topological polar surface area (TPSA) is 68.3 Å². The van der Waals surface area contributed by atoms with Gasteiger partial charge < -0.3 is 4.74 Å². The van der Waals surface area contributed by atoms with Gasteiger partial charge in [-0.2, -0.15) is 17.9 Å². The van der Waals surface area contributed by atoms with Crippen LogP contribution in [-0.2, 0) is 16.2 Å². The Bertz CT molecular complexity index is 1170. The van der Waals surface area contributed by atoms with Gasteiger partial charge in [0.15, 0.2) is 0 Å². The van der Waals surface area contributed by atoms with Gasteiger partial charge >= 0.3 is 6.18 Å². The van der Waals surface area contributed by atoms with Crippen LogP contribution in [0.5, 0.6) is 5.75 Å². The van der Waals surface area contributed by atoms with E-state index in [0.29, 0.717) is 17.9 Å². The number of pyridine rings is 1. The van der Waals surface area contributed by atoms with E-state index in [4.69, 9.17) is 4.74 Å². The number of hydrogen-bond donors (Lipinski definition) is 1. The summed E-state index contributed by atoms with van der Waals surface area (Å²) in [7, 11) is -3.96. The summed E-state index contributed by atoms with van der Waals surface area (Å²) in [4.78, 5) is 3.95. The Hall–Kier alpha value is -3.09. The summed E-state index contributed by atoms with van der Waals surface area (Å²) < 4.78 is 69.4. The van der Waals surface area contributed by atoms with Gasteiger partial charge in [0.05, 0.1) is 22.5 Å². The Morgan fingerprint density at radius 2 is 1.79 bits per heavy atom. The van der Waals surface area contributed by atoms with Crippen molar-refractivity contribution in [1.82, 2.24) is 9.71 Å². The van der Waals surface area contributed by atoms with Crippen LogP contribution in [0.15, 0.2) is 65.7 Å². The Kier molecular flexibility index (Phi) is 6.06. The minimum absolute atomic E-state index is 0.0420. The summed E-state index contributed by atoms with van der Waals surface area (Å²) in [6.07, 6.45) is -2.85. The molecule has 0 aliphatic rings. The zero-order valence-corrected chi connectivity index (χ0v) is 15.7. The fraction of sp³-hybridized carbons (Fsp3) is 0.150. The van der Waals surface area contributed by atoms with Crippen molar-refractivity contribution in [1.29, 1.82) is 0 Å². The first-order valence-corrected chi connectivity index (χ1v) is 9.84. The molecule has 0 fully saturated rings. The summed E-state index contributed by atoms with van der Waals surface area (Å²) in [5.41, 5.74) is -0.139. The molecule has 9 heteroatoms. The third kappa shape index (κ3) is 5.47. The zero-order chi connectivity index (χ0) is 20.9. The van der Waals surface area contributed by atoms with Crippen LogP contribution in [-0.4, -0.2) is 26.6 Å². The van der Waals surface area contributed by atoms with E-state index in [1.807, 2.05) is 18.2 Å². The first-order chi connectivity index (χ1) is 13.8. The quantitative estimate of drug-likeness (QED) is 0.641. The first-order valence-electron chi connectivity index (χ1n) is 8.36. The number of aromatic nitrogens is 1. The molecule has 1 aromatic heterocycles. The molecule has 5 nitrogen and oxygen atoms in total. The van der Waals surface area contributed by atoms with E-state index in [9.17, 15) is 21.6 Å². The van der Waals surface area contributed by atoms with Crippen LogP contribution in [0.25, 0.3) is 10.9 Å². The molecule has 0 bridgehead atoms. The second kappa shape index (κ2) is 8.51. The van der Waals surface area contributed by atoms with Gasteiger partial charge in [0, 0.05) is 17.6 Å².